The van der Waals surface area contributed by atoms with Gasteiger partial charge in [0.05, 0.1) is 26.9 Å². The van der Waals surface area contributed by atoms with Crippen molar-refractivity contribution in [3.63, 3.8) is 0 Å². The standard InChI is InChI=1S/C14H17N3O4/c1-17-8-7-11(16-17)15-14(18)9-5-6-10(19-2)13(21-4)12(9)20-3/h5-8H,1-4H3,(H,15,16,18). The lowest BCUT2D eigenvalue weighted by Gasteiger charge is -2.15. The summed E-state index contributed by atoms with van der Waals surface area (Å²) >= 11 is 0. The highest BCUT2D eigenvalue weighted by Gasteiger charge is 2.21. The third-order valence-corrected chi connectivity index (χ3v) is 2.90. The monoisotopic (exact) mass is 291 g/mol. The van der Waals surface area contributed by atoms with Crippen molar-refractivity contribution in [2.24, 2.45) is 7.05 Å². The Morgan fingerprint density at radius 2 is 1.81 bits per heavy atom. The molecule has 1 aromatic carbocycles. The Bertz CT molecular complexity index is 652. The van der Waals surface area contributed by atoms with E-state index in [0.29, 0.717) is 28.6 Å². The van der Waals surface area contributed by atoms with E-state index in [1.807, 2.05) is 0 Å². The van der Waals surface area contributed by atoms with E-state index in [2.05, 4.69) is 10.4 Å². The van der Waals surface area contributed by atoms with Gasteiger partial charge in [-0.25, -0.2) is 0 Å². The smallest absolute Gasteiger partial charge is 0.260 e. The number of carbonyl (C=O) groups excluding carboxylic acids is 1. The summed E-state index contributed by atoms with van der Waals surface area (Å²) in [6, 6.07) is 4.96. The van der Waals surface area contributed by atoms with Crippen LogP contribution < -0.4 is 19.5 Å². The molecule has 7 heteroatoms. The van der Waals surface area contributed by atoms with Gasteiger partial charge >= 0.3 is 0 Å². The molecule has 0 saturated heterocycles. The van der Waals surface area contributed by atoms with Crippen LogP contribution in [0.5, 0.6) is 17.2 Å². The first-order valence-corrected chi connectivity index (χ1v) is 6.20. The average molecular weight is 291 g/mol. The van der Waals surface area contributed by atoms with Gasteiger partial charge in [-0.1, -0.05) is 0 Å². The lowest BCUT2D eigenvalue weighted by Crippen LogP contribution is -2.14. The van der Waals surface area contributed by atoms with Crippen molar-refractivity contribution in [2.75, 3.05) is 26.6 Å². The fourth-order valence-corrected chi connectivity index (χ4v) is 1.95. The van der Waals surface area contributed by atoms with Crippen LogP contribution in [-0.2, 0) is 7.05 Å². The van der Waals surface area contributed by atoms with Crippen molar-refractivity contribution in [3.05, 3.63) is 30.0 Å². The van der Waals surface area contributed by atoms with Crippen LogP contribution in [0.25, 0.3) is 0 Å². The second kappa shape index (κ2) is 6.17. The quantitative estimate of drug-likeness (QED) is 0.907. The Morgan fingerprint density at radius 3 is 2.33 bits per heavy atom. The van der Waals surface area contributed by atoms with Gasteiger partial charge in [0.25, 0.3) is 5.91 Å². The zero-order chi connectivity index (χ0) is 15.4. The predicted molar refractivity (Wildman–Crippen MR) is 77.3 cm³/mol. The Hall–Kier alpha value is -2.70. The number of carbonyl (C=O) groups is 1. The van der Waals surface area contributed by atoms with Crippen LogP contribution >= 0.6 is 0 Å². The topological polar surface area (TPSA) is 74.6 Å². The van der Waals surface area contributed by atoms with Gasteiger partial charge < -0.3 is 19.5 Å². The number of amides is 1. The number of benzene rings is 1. The van der Waals surface area contributed by atoms with E-state index in [0.717, 1.165) is 0 Å². The summed E-state index contributed by atoms with van der Waals surface area (Å²) in [5.41, 5.74) is 0.334. The molecule has 1 aromatic heterocycles. The van der Waals surface area contributed by atoms with E-state index >= 15 is 0 Å². The van der Waals surface area contributed by atoms with Crippen LogP contribution in [0.3, 0.4) is 0 Å². The summed E-state index contributed by atoms with van der Waals surface area (Å²) in [5.74, 6) is 1.29. The number of ether oxygens (including phenoxy) is 3. The molecule has 1 N–H and O–H groups in total. The van der Waals surface area contributed by atoms with E-state index in [-0.39, 0.29) is 5.91 Å². The lowest BCUT2D eigenvalue weighted by molar-refractivity contribution is 0.102. The molecular weight excluding hydrogens is 274 g/mol. The molecule has 0 aliphatic heterocycles. The SMILES string of the molecule is COc1ccc(C(=O)Nc2ccn(C)n2)c(OC)c1OC. The summed E-state index contributed by atoms with van der Waals surface area (Å²) in [6.07, 6.45) is 1.74. The molecule has 2 aromatic rings. The van der Waals surface area contributed by atoms with Gasteiger partial charge in [0.2, 0.25) is 5.75 Å². The maximum absolute atomic E-state index is 12.3. The number of anilines is 1. The van der Waals surface area contributed by atoms with Crippen molar-refractivity contribution in [2.45, 2.75) is 0 Å². The molecule has 21 heavy (non-hydrogen) atoms. The van der Waals surface area contributed by atoms with E-state index in [1.165, 1.54) is 21.3 Å². The minimum atomic E-state index is -0.341. The average Bonchev–Trinajstić information content (AvgIpc) is 2.90. The highest BCUT2D eigenvalue weighted by Crippen LogP contribution is 2.39. The van der Waals surface area contributed by atoms with Crippen LogP contribution in [0.2, 0.25) is 0 Å². The molecule has 2 rings (SSSR count). The second-order valence-corrected chi connectivity index (χ2v) is 4.21. The highest BCUT2D eigenvalue weighted by molar-refractivity contribution is 6.06. The number of nitrogens with zero attached hydrogens (tertiary/aromatic N) is 2. The third kappa shape index (κ3) is 2.91. The predicted octanol–water partition coefficient (Wildman–Crippen LogP) is 1.70. The summed E-state index contributed by atoms with van der Waals surface area (Å²) < 4.78 is 17.3. The third-order valence-electron chi connectivity index (χ3n) is 2.90. The van der Waals surface area contributed by atoms with Crippen LogP contribution in [0.15, 0.2) is 24.4 Å². The molecule has 112 valence electrons. The summed E-state index contributed by atoms with van der Waals surface area (Å²) in [7, 11) is 6.24. The van der Waals surface area contributed by atoms with Gasteiger partial charge in [-0.3, -0.25) is 9.48 Å². The van der Waals surface area contributed by atoms with Gasteiger partial charge in [-0.05, 0) is 12.1 Å². The molecular formula is C14H17N3O4. The highest BCUT2D eigenvalue weighted by atomic mass is 16.5. The second-order valence-electron chi connectivity index (χ2n) is 4.21. The number of aryl methyl sites for hydroxylation is 1. The zero-order valence-corrected chi connectivity index (χ0v) is 12.3. The zero-order valence-electron chi connectivity index (χ0n) is 12.3. The molecule has 0 unspecified atom stereocenters. The van der Waals surface area contributed by atoms with Gasteiger partial charge in [0.1, 0.15) is 0 Å². The minimum absolute atomic E-state index is 0.310. The van der Waals surface area contributed by atoms with Crippen molar-refractivity contribution in [1.82, 2.24) is 9.78 Å². The van der Waals surface area contributed by atoms with Gasteiger partial charge in [0.15, 0.2) is 17.3 Å². The van der Waals surface area contributed by atoms with Crippen LogP contribution in [0.1, 0.15) is 10.4 Å². The van der Waals surface area contributed by atoms with Gasteiger partial charge in [-0.15, -0.1) is 0 Å². The Balaban J connectivity index is 2.36. The molecule has 0 saturated carbocycles. The van der Waals surface area contributed by atoms with E-state index in [4.69, 9.17) is 14.2 Å². The maximum atomic E-state index is 12.3. The van der Waals surface area contributed by atoms with Gasteiger partial charge in [0, 0.05) is 19.3 Å². The molecule has 1 heterocycles. The summed E-state index contributed by atoms with van der Waals surface area (Å²) in [6.45, 7) is 0. The first-order valence-electron chi connectivity index (χ1n) is 6.20. The first-order chi connectivity index (χ1) is 10.1. The maximum Gasteiger partial charge on any atom is 0.260 e. The van der Waals surface area contributed by atoms with E-state index in [1.54, 1.807) is 36.1 Å². The number of methoxy groups -OCH3 is 3. The lowest BCUT2D eigenvalue weighted by atomic mass is 10.1. The summed E-state index contributed by atoms with van der Waals surface area (Å²) in [5, 5.41) is 6.79. The minimum Gasteiger partial charge on any atom is -0.493 e. The Labute approximate surface area is 122 Å². The molecule has 0 atom stereocenters. The summed E-state index contributed by atoms with van der Waals surface area (Å²) in [4.78, 5) is 12.3. The van der Waals surface area contributed by atoms with Crippen LogP contribution in [0, 0.1) is 0 Å². The van der Waals surface area contributed by atoms with Crippen molar-refractivity contribution in [1.29, 1.82) is 0 Å². The molecule has 0 aliphatic rings. The largest absolute Gasteiger partial charge is 0.493 e. The molecule has 7 nitrogen and oxygen atoms in total. The van der Waals surface area contributed by atoms with Crippen molar-refractivity contribution >= 4 is 11.7 Å². The molecule has 1 amide bonds. The number of rotatable bonds is 5. The molecule has 0 fully saturated rings. The van der Waals surface area contributed by atoms with Crippen LogP contribution in [0.4, 0.5) is 5.82 Å². The van der Waals surface area contributed by atoms with Crippen molar-refractivity contribution in [3.8, 4) is 17.2 Å². The number of hydrogen-bond donors (Lipinski definition) is 1. The molecule has 0 aliphatic carbocycles. The fraction of sp³-hybridized carbons (Fsp3) is 0.286. The molecule has 0 radical (unpaired) electrons. The van der Waals surface area contributed by atoms with Crippen molar-refractivity contribution < 1.29 is 19.0 Å². The fourth-order valence-electron chi connectivity index (χ4n) is 1.95. The normalized spacial score (nSPS) is 10.1. The Kier molecular flexibility index (Phi) is 4.32. The molecule has 0 spiro atoms. The number of aromatic nitrogens is 2. The number of hydrogen-bond acceptors (Lipinski definition) is 5. The van der Waals surface area contributed by atoms with E-state index in [9.17, 15) is 4.79 Å². The Morgan fingerprint density at radius 1 is 1.10 bits per heavy atom. The molecule has 0 bridgehead atoms. The van der Waals surface area contributed by atoms with Crippen LogP contribution in [-0.4, -0.2) is 37.0 Å². The first kappa shape index (κ1) is 14.7. The van der Waals surface area contributed by atoms with Gasteiger partial charge in [-0.2, -0.15) is 5.10 Å². The number of nitrogens with one attached hydrogen (secondary N) is 1. The van der Waals surface area contributed by atoms with E-state index < -0.39 is 0 Å².